The number of nitrogens with zero attached hydrogens (tertiary/aromatic N) is 1. The summed E-state index contributed by atoms with van der Waals surface area (Å²) < 4.78 is 0. The Labute approximate surface area is 126 Å². The molecule has 0 aliphatic carbocycles. The van der Waals surface area contributed by atoms with Gasteiger partial charge >= 0.3 is 0 Å². The number of aromatic nitrogens is 1. The highest BCUT2D eigenvalue weighted by Crippen LogP contribution is 2.24. The lowest BCUT2D eigenvalue weighted by Gasteiger charge is -2.09. The molecule has 0 radical (unpaired) electrons. The van der Waals surface area contributed by atoms with Crippen LogP contribution < -0.4 is 0 Å². The minimum absolute atomic E-state index is 0.999. The lowest BCUT2D eigenvalue weighted by atomic mass is 10.0. The number of fused-ring (bicyclic) bond motifs is 1. The summed E-state index contributed by atoms with van der Waals surface area (Å²) in [5.41, 5.74) is 7.17. The van der Waals surface area contributed by atoms with Crippen molar-refractivity contribution in [1.82, 2.24) is 4.98 Å². The summed E-state index contributed by atoms with van der Waals surface area (Å²) in [5.74, 6) is 0. The molecule has 0 bridgehead atoms. The molecule has 0 saturated heterocycles. The second-order valence-electron chi connectivity index (χ2n) is 5.51. The molecule has 0 amide bonds. The van der Waals surface area contributed by atoms with Gasteiger partial charge in [0, 0.05) is 5.39 Å². The van der Waals surface area contributed by atoms with Gasteiger partial charge in [0.1, 0.15) is 0 Å². The quantitative estimate of drug-likeness (QED) is 0.615. The van der Waals surface area contributed by atoms with E-state index in [2.05, 4.69) is 63.3 Å². The van der Waals surface area contributed by atoms with E-state index in [9.17, 15) is 0 Å². The first-order valence-corrected chi connectivity index (χ1v) is 7.26. The molecule has 0 fully saturated rings. The van der Waals surface area contributed by atoms with Crippen molar-refractivity contribution < 1.29 is 0 Å². The Bertz CT molecular complexity index is 814. The second-order valence-corrected chi connectivity index (χ2v) is 5.51. The molecule has 3 rings (SSSR count). The highest BCUT2D eigenvalue weighted by molar-refractivity contribution is 5.87. The number of pyridine rings is 1. The highest BCUT2D eigenvalue weighted by Gasteiger charge is 2.05. The zero-order valence-corrected chi connectivity index (χ0v) is 12.7. The maximum absolute atomic E-state index is 4.82. The van der Waals surface area contributed by atoms with Crippen molar-refractivity contribution in [2.45, 2.75) is 20.8 Å². The summed E-state index contributed by atoms with van der Waals surface area (Å²) >= 11 is 0. The molecular weight excluding hydrogens is 254 g/mol. The van der Waals surface area contributed by atoms with Gasteiger partial charge in [-0.05, 0) is 55.2 Å². The summed E-state index contributed by atoms with van der Waals surface area (Å²) in [5, 5.41) is 1.25. The van der Waals surface area contributed by atoms with E-state index in [1.165, 1.54) is 27.6 Å². The number of benzene rings is 2. The van der Waals surface area contributed by atoms with Crippen LogP contribution in [-0.2, 0) is 0 Å². The lowest BCUT2D eigenvalue weighted by Crippen LogP contribution is -1.92. The average molecular weight is 273 g/mol. The number of aryl methyl sites for hydroxylation is 3. The largest absolute Gasteiger partial charge is 0.248 e. The van der Waals surface area contributed by atoms with Gasteiger partial charge in [-0.1, -0.05) is 48.5 Å². The predicted octanol–water partition coefficient (Wildman–Crippen LogP) is 5.33. The van der Waals surface area contributed by atoms with Crippen molar-refractivity contribution in [2.24, 2.45) is 0 Å². The van der Waals surface area contributed by atoms with Gasteiger partial charge in [0.25, 0.3) is 0 Å². The van der Waals surface area contributed by atoms with E-state index in [1.807, 2.05) is 18.2 Å². The van der Waals surface area contributed by atoms with Crippen LogP contribution in [0.5, 0.6) is 0 Å². The van der Waals surface area contributed by atoms with E-state index < -0.39 is 0 Å². The monoisotopic (exact) mass is 273 g/mol. The number of hydrogen-bond donors (Lipinski definition) is 0. The van der Waals surface area contributed by atoms with Gasteiger partial charge in [-0.15, -0.1) is 0 Å². The van der Waals surface area contributed by atoms with Crippen molar-refractivity contribution in [3.05, 3.63) is 76.5 Å². The van der Waals surface area contributed by atoms with Crippen molar-refractivity contribution in [3.8, 4) is 0 Å². The van der Waals surface area contributed by atoms with Crippen LogP contribution in [0.25, 0.3) is 23.1 Å². The molecule has 1 heteroatoms. The van der Waals surface area contributed by atoms with Gasteiger partial charge in [0.2, 0.25) is 0 Å². The van der Waals surface area contributed by atoms with E-state index in [0.717, 1.165) is 11.2 Å². The molecule has 3 aromatic rings. The van der Waals surface area contributed by atoms with E-state index >= 15 is 0 Å². The second kappa shape index (κ2) is 5.53. The maximum Gasteiger partial charge on any atom is 0.0743 e. The molecule has 2 aromatic carbocycles. The number of rotatable bonds is 2. The van der Waals surface area contributed by atoms with Gasteiger partial charge in [-0.25, -0.2) is 4.98 Å². The lowest BCUT2D eigenvalue weighted by molar-refractivity contribution is 1.28. The summed E-state index contributed by atoms with van der Waals surface area (Å²) in [7, 11) is 0. The van der Waals surface area contributed by atoms with Crippen LogP contribution in [0.4, 0.5) is 0 Å². The summed E-state index contributed by atoms with van der Waals surface area (Å²) in [6, 6.07) is 16.8. The third-order valence-electron chi connectivity index (χ3n) is 3.97. The first-order chi connectivity index (χ1) is 10.1. The maximum atomic E-state index is 4.82. The van der Waals surface area contributed by atoms with E-state index in [4.69, 9.17) is 4.98 Å². The fraction of sp³-hybridized carbons (Fsp3) is 0.150. The van der Waals surface area contributed by atoms with Gasteiger partial charge in [0.15, 0.2) is 0 Å². The van der Waals surface area contributed by atoms with Crippen LogP contribution >= 0.6 is 0 Å². The van der Waals surface area contributed by atoms with Crippen LogP contribution in [-0.4, -0.2) is 4.98 Å². The molecule has 0 aliphatic rings. The molecule has 1 nitrogen and oxygen atoms in total. The Morgan fingerprint density at radius 1 is 0.810 bits per heavy atom. The molecule has 104 valence electrons. The Hall–Kier alpha value is -2.41. The summed E-state index contributed by atoms with van der Waals surface area (Å²) in [6.45, 7) is 6.45. The standard InChI is InChI=1S/C20H19N/c1-14-13-15(2)19-12-11-18(21-20(19)16(14)3)10-9-17-7-5-4-6-8-17/h4-13H,1-3H3. The molecule has 0 atom stereocenters. The molecule has 0 spiro atoms. The Kier molecular flexibility index (Phi) is 3.57. The molecule has 0 unspecified atom stereocenters. The van der Waals surface area contributed by atoms with E-state index in [-0.39, 0.29) is 0 Å². The zero-order chi connectivity index (χ0) is 14.8. The first kappa shape index (κ1) is 13.6. The fourth-order valence-corrected chi connectivity index (χ4v) is 2.61. The first-order valence-electron chi connectivity index (χ1n) is 7.26. The molecule has 0 aliphatic heterocycles. The van der Waals surface area contributed by atoms with Gasteiger partial charge < -0.3 is 0 Å². The van der Waals surface area contributed by atoms with Crippen LogP contribution in [0.1, 0.15) is 27.9 Å². The van der Waals surface area contributed by atoms with Gasteiger partial charge in [-0.3, -0.25) is 0 Å². The van der Waals surface area contributed by atoms with Crippen molar-refractivity contribution in [1.29, 1.82) is 0 Å². The Balaban J connectivity index is 2.05. The van der Waals surface area contributed by atoms with Crippen molar-refractivity contribution in [2.75, 3.05) is 0 Å². The molecule has 1 heterocycles. The SMILES string of the molecule is Cc1cc(C)c2ccc(C=Cc3ccccc3)nc2c1C. The molecule has 0 N–H and O–H groups in total. The normalized spacial score (nSPS) is 11.4. The third kappa shape index (κ3) is 2.73. The highest BCUT2D eigenvalue weighted by atomic mass is 14.7. The topological polar surface area (TPSA) is 12.9 Å². The fourth-order valence-electron chi connectivity index (χ4n) is 2.61. The average Bonchev–Trinajstić information content (AvgIpc) is 2.51. The van der Waals surface area contributed by atoms with Crippen LogP contribution in [0.15, 0.2) is 48.5 Å². The molecule has 1 aromatic heterocycles. The number of hydrogen-bond acceptors (Lipinski definition) is 1. The van der Waals surface area contributed by atoms with Gasteiger partial charge in [0.05, 0.1) is 11.2 Å². The zero-order valence-electron chi connectivity index (χ0n) is 12.7. The Morgan fingerprint density at radius 2 is 1.57 bits per heavy atom. The minimum atomic E-state index is 0.999. The molecular formula is C20H19N. The molecule has 21 heavy (non-hydrogen) atoms. The minimum Gasteiger partial charge on any atom is -0.248 e. The smallest absolute Gasteiger partial charge is 0.0743 e. The van der Waals surface area contributed by atoms with Crippen molar-refractivity contribution in [3.63, 3.8) is 0 Å². The van der Waals surface area contributed by atoms with Crippen LogP contribution in [0.3, 0.4) is 0 Å². The summed E-state index contributed by atoms with van der Waals surface area (Å²) in [6.07, 6.45) is 4.18. The van der Waals surface area contributed by atoms with Crippen molar-refractivity contribution >= 4 is 23.1 Å². The third-order valence-corrected chi connectivity index (χ3v) is 3.97. The van der Waals surface area contributed by atoms with E-state index in [1.54, 1.807) is 0 Å². The van der Waals surface area contributed by atoms with E-state index in [0.29, 0.717) is 0 Å². The van der Waals surface area contributed by atoms with Crippen LogP contribution in [0.2, 0.25) is 0 Å². The van der Waals surface area contributed by atoms with Gasteiger partial charge in [-0.2, -0.15) is 0 Å². The molecule has 0 saturated carbocycles. The predicted molar refractivity (Wildman–Crippen MR) is 91.3 cm³/mol. The van der Waals surface area contributed by atoms with Crippen LogP contribution in [0, 0.1) is 20.8 Å². The summed E-state index contributed by atoms with van der Waals surface area (Å²) in [4.78, 5) is 4.82. The Morgan fingerprint density at radius 3 is 2.33 bits per heavy atom.